The van der Waals surface area contributed by atoms with Gasteiger partial charge < -0.3 is 14.8 Å². The molecule has 8 heteroatoms. The fraction of sp³-hybridized carbons (Fsp3) is 0.250. The Hall–Kier alpha value is -3.00. The molecule has 32 heavy (non-hydrogen) atoms. The van der Waals surface area contributed by atoms with E-state index in [2.05, 4.69) is 10.4 Å². The van der Waals surface area contributed by atoms with E-state index in [4.69, 9.17) is 26.1 Å². The molecule has 4 aromatic rings. The number of aryl methyl sites for hydroxylation is 1. The van der Waals surface area contributed by atoms with E-state index in [1.165, 1.54) is 6.07 Å². The zero-order chi connectivity index (χ0) is 22.1. The Kier molecular flexibility index (Phi) is 5.78. The van der Waals surface area contributed by atoms with Crippen LogP contribution in [0.15, 0.2) is 54.9 Å². The van der Waals surface area contributed by atoms with Gasteiger partial charge in [0.2, 0.25) is 0 Å². The number of hydrogen-bond acceptors (Lipinski definition) is 5. The van der Waals surface area contributed by atoms with Crippen molar-refractivity contribution >= 4 is 22.5 Å². The number of rotatable bonds is 5. The summed E-state index contributed by atoms with van der Waals surface area (Å²) in [6, 6.07) is 12.7. The Bertz CT molecular complexity index is 1260. The van der Waals surface area contributed by atoms with Gasteiger partial charge in [0.25, 0.3) is 0 Å². The Balaban J connectivity index is 1.50. The topological polar surface area (TPSA) is 61.2 Å². The highest BCUT2D eigenvalue weighted by molar-refractivity contribution is 6.30. The maximum Gasteiger partial charge on any atom is 0.146 e. The van der Waals surface area contributed by atoms with Gasteiger partial charge in [-0.15, -0.1) is 0 Å². The molecule has 164 valence electrons. The SMILES string of the molecule is Cc1cc(-n2cccn2)c2cccc(OCc3cc(Cl)c(F)cc3[C@@H]3COCCN3)c2n1. The number of ether oxygens (including phenoxy) is 2. The second-order valence-corrected chi connectivity index (χ2v) is 8.13. The molecule has 0 radical (unpaired) electrons. The van der Waals surface area contributed by atoms with Gasteiger partial charge >= 0.3 is 0 Å². The number of morpholine rings is 1. The maximum atomic E-state index is 14.2. The standard InChI is InChI=1S/C24H22ClFN4O2/c1-15-10-22(30-8-3-6-28-30)17-4-2-5-23(24(17)29-15)32-13-16-11-19(25)20(26)12-18(16)21-14-31-9-7-27-21/h2-6,8,10-12,21,27H,7,9,13-14H2,1H3/t21-/m0/s1. The van der Waals surface area contributed by atoms with Gasteiger partial charge in [0.05, 0.1) is 30.0 Å². The van der Waals surface area contributed by atoms with E-state index in [1.54, 1.807) is 12.3 Å². The molecule has 1 aliphatic rings. The lowest BCUT2D eigenvalue weighted by atomic mass is 10.00. The second-order valence-electron chi connectivity index (χ2n) is 7.72. The Morgan fingerprint density at radius 3 is 2.97 bits per heavy atom. The minimum atomic E-state index is -0.455. The van der Waals surface area contributed by atoms with Crippen molar-refractivity contribution in [3.05, 3.63) is 82.5 Å². The van der Waals surface area contributed by atoms with Crippen LogP contribution >= 0.6 is 11.6 Å². The monoisotopic (exact) mass is 452 g/mol. The molecule has 0 saturated carbocycles. The predicted molar refractivity (Wildman–Crippen MR) is 121 cm³/mol. The fourth-order valence-corrected chi connectivity index (χ4v) is 4.21. The molecule has 1 atom stereocenters. The summed E-state index contributed by atoms with van der Waals surface area (Å²) in [6.07, 6.45) is 3.64. The average Bonchev–Trinajstić information content (AvgIpc) is 3.34. The highest BCUT2D eigenvalue weighted by atomic mass is 35.5. The largest absolute Gasteiger partial charge is 0.487 e. The molecule has 0 aliphatic carbocycles. The zero-order valence-electron chi connectivity index (χ0n) is 17.5. The quantitative estimate of drug-likeness (QED) is 0.473. The van der Waals surface area contributed by atoms with Crippen molar-refractivity contribution in [3.63, 3.8) is 0 Å². The number of nitrogens with one attached hydrogen (secondary N) is 1. The second kappa shape index (κ2) is 8.86. The van der Waals surface area contributed by atoms with Gasteiger partial charge in [0.1, 0.15) is 23.7 Å². The minimum absolute atomic E-state index is 0.0666. The van der Waals surface area contributed by atoms with E-state index in [-0.39, 0.29) is 17.7 Å². The lowest BCUT2D eigenvalue weighted by Gasteiger charge is -2.26. The molecule has 5 rings (SSSR count). The van der Waals surface area contributed by atoms with Gasteiger partial charge in [-0.2, -0.15) is 5.10 Å². The van der Waals surface area contributed by atoms with Crippen molar-refractivity contribution in [2.75, 3.05) is 19.8 Å². The van der Waals surface area contributed by atoms with E-state index in [0.29, 0.717) is 25.5 Å². The highest BCUT2D eigenvalue weighted by Gasteiger charge is 2.21. The van der Waals surface area contributed by atoms with Gasteiger partial charge in [0.15, 0.2) is 0 Å². The van der Waals surface area contributed by atoms with Crippen LogP contribution in [0.5, 0.6) is 5.75 Å². The first-order chi connectivity index (χ1) is 15.6. The molecule has 0 amide bonds. The Labute approximate surface area is 189 Å². The Morgan fingerprint density at radius 2 is 2.19 bits per heavy atom. The normalized spacial score (nSPS) is 16.4. The number of fused-ring (bicyclic) bond motifs is 1. The lowest BCUT2D eigenvalue weighted by molar-refractivity contribution is 0.0762. The number of pyridine rings is 1. The van der Waals surface area contributed by atoms with E-state index in [1.807, 2.05) is 48.1 Å². The summed E-state index contributed by atoms with van der Waals surface area (Å²) in [5, 5.41) is 8.72. The molecule has 2 aromatic carbocycles. The van der Waals surface area contributed by atoms with Gasteiger partial charge in [-0.1, -0.05) is 23.7 Å². The lowest BCUT2D eigenvalue weighted by Crippen LogP contribution is -2.35. The fourth-order valence-electron chi connectivity index (χ4n) is 4.02. The number of nitrogens with zero attached hydrogens (tertiary/aromatic N) is 3. The summed E-state index contributed by atoms with van der Waals surface area (Å²) in [7, 11) is 0. The number of hydrogen-bond donors (Lipinski definition) is 1. The van der Waals surface area contributed by atoms with E-state index < -0.39 is 5.82 Å². The molecule has 1 aliphatic heterocycles. The molecule has 1 N–H and O–H groups in total. The molecule has 2 aromatic heterocycles. The third-order valence-corrected chi connectivity index (χ3v) is 5.81. The molecule has 0 unspecified atom stereocenters. The molecular weight excluding hydrogens is 431 g/mol. The molecule has 0 spiro atoms. The summed E-state index contributed by atoms with van der Waals surface area (Å²) < 4.78 is 27.8. The van der Waals surface area contributed by atoms with Crippen LogP contribution in [-0.2, 0) is 11.3 Å². The molecule has 1 fully saturated rings. The van der Waals surface area contributed by atoms with E-state index in [0.717, 1.165) is 33.4 Å². The first-order valence-electron chi connectivity index (χ1n) is 10.4. The van der Waals surface area contributed by atoms with E-state index in [9.17, 15) is 4.39 Å². The number of para-hydroxylation sites is 1. The summed E-state index contributed by atoms with van der Waals surface area (Å²) in [5.41, 5.74) is 4.11. The van der Waals surface area contributed by atoms with Gasteiger partial charge in [0, 0.05) is 30.0 Å². The third-order valence-electron chi connectivity index (χ3n) is 5.52. The van der Waals surface area contributed by atoms with Crippen LogP contribution in [-0.4, -0.2) is 34.5 Å². The van der Waals surface area contributed by atoms with Crippen molar-refractivity contribution < 1.29 is 13.9 Å². The van der Waals surface area contributed by atoms with Crippen molar-refractivity contribution in [2.45, 2.75) is 19.6 Å². The van der Waals surface area contributed by atoms with Crippen LogP contribution in [0, 0.1) is 12.7 Å². The van der Waals surface area contributed by atoms with Crippen LogP contribution in [0.1, 0.15) is 22.9 Å². The molecule has 6 nitrogen and oxygen atoms in total. The van der Waals surface area contributed by atoms with Crippen LogP contribution < -0.4 is 10.1 Å². The van der Waals surface area contributed by atoms with Crippen molar-refractivity contribution in [3.8, 4) is 11.4 Å². The van der Waals surface area contributed by atoms with Crippen molar-refractivity contribution in [1.82, 2.24) is 20.1 Å². The summed E-state index contributed by atoms with van der Waals surface area (Å²) in [4.78, 5) is 4.72. The van der Waals surface area contributed by atoms with Gasteiger partial charge in [-0.25, -0.2) is 14.1 Å². The van der Waals surface area contributed by atoms with Gasteiger partial charge in [-0.3, -0.25) is 0 Å². The highest BCUT2D eigenvalue weighted by Crippen LogP contribution is 2.31. The first-order valence-corrected chi connectivity index (χ1v) is 10.8. The Morgan fingerprint density at radius 1 is 1.28 bits per heavy atom. The summed E-state index contributed by atoms with van der Waals surface area (Å²) in [5.74, 6) is 0.183. The number of aromatic nitrogens is 3. The van der Waals surface area contributed by atoms with Crippen LogP contribution in [0.2, 0.25) is 5.02 Å². The molecule has 0 bridgehead atoms. The van der Waals surface area contributed by atoms with Gasteiger partial charge in [-0.05, 0) is 48.4 Å². The number of benzene rings is 2. The number of halogens is 2. The van der Waals surface area contributed by atoms with Crippen molar-refractivity contribution in [1.29, 1.82) is 0 Å². The average molecular weight is 453 g/mol. The molecular formula is C24H22ClFN4O2. The smallest absolute Gasteiger partial charge is 0.146 e. The first kappa shape index (κ1) is 20.9. The van der Waals surface area contributed by atoms with Crippen LogP contribution in [0.3, 0.4) is 0 Å². The van der Waals surface area contributed by atoms with Crippen LogP contribution in [0.4, 0.5) is 4.39 Å². The molecule has 1 saturated heterocycles. The predicted octanol–water partition coefficient (Wildman–Crippen LogP) is 4.76. The summed E-state index contributed by atoms with van der Waals surface area (Å²) in [6.45, 7) is 3.97. The third kappa shape index (κ3) is 4.07. The maximum absolute atomic E-state index is 14.2. The minimum Gasteiger partial charge on any atom is -0.487 e. The van der Waals surface area contributed by atoms with Crippen molar-refractivity contribution in [2.24, 2.45) is 0 Å². The van der Waals surface area contributed by atoms with E-state index >= 15 is 0 Å². The zero-order valence-corrected chi connectivity index (χ0v) is 18.3. The van der Waals surface area contributed by atoms with Crippen LogP contribution in [0.25, 0.3) is 16.6 Å². The summed E-state index contributed by atoms with van der Waals surface area (Å²) >= 11 is 6.10. The molecule has 3 heterocycles.